The smallest absolute Gasteiger partial charge is 0.0308 e. The molecule has 0 fully saturated rings. The second kappa shape index (κ2) is 4.64. The van der Waals surface area contributed by atoms with Gasteiger partial charge in [-0.2, -0.15) is 0 Å². The predicted octanol–water partition coefficient (Wildman–Crippen LogP) is 5.94. The molecule has 2 aromatic carbocycles. The molecule has 0 amide bonds. The molecule has 0 saturated carbocycles. The van der Waals surface area contributed by atoms with Gasteiger partial charge >= 0.3 is 0 Å². The lowest BCUT2D eigenvalue weighted by molar-refractivity contribution is 0.972. The minimum atomic E-state index is 0. The monoisotopic (exact) mass is 314 g/mol. The van der Waals surface area contributed by atoms with E-state index >= 15 is 0 Å². The molecule has 1 aliphatic carbocycles. The van der Waals surface area contributed by atoms with Gasteiger partial charge < -0.3 is 0 Å². The van der Waals surface area contributed by atoms with Crippen LogP contribution in [0.3, 0.4) is 0 Å². The molecule has 0 saturated heterocycles. The highest BCUT2D eigenvalue weighted by atomic mass is 79.9. The molecule has 1 aliphatic rings. The summed E-state index contributed by atoms with van der Waals surface area (Å²) in [6.45, 7) is 6.71. The number of rotatable bonds is 1. The van der Waals surface area contributed by atoms with Crippen molar-refractivity contribution in [2.24, 2.45) is 0 Å². The van der Waals surface area contributed by atoms with Crippen molar-refractivity contribution < 1.29 is 1.43 Å². The van der Waals surface area contributed by atoms with Crippen molar-refractivity contribution in [3.8, 4) is 0 Å². The molecule has 0 heterocycles. The third-order valence-corrected chi connectivity index (χ3v) is 5.13. The Balaban J connectivity index is 0.00000147. The van der Waals surface area contributed by atoms with Crippen LogP contribution in [0.4, 0.5) is 0 Å². The molecule has 2 aromatic rings. The normalized spacial score (nSPS) is 17.8. The van der Waals surface area contributed by atoms with Gasteiger partial charge in [0.2, 0.25) is 0 Å². The molecule has 0 aromatic heterocycles. The summed E-state index contributed by atoms with van der Waals surface area (Å²) in [6.07, 6.45) is 0. The Hall–Kier alpha value is -1.34. The van der Waals surface area contributed by atoms with Crippen LogP contribution in [0.2, 0.25) is 0 Å². The molecule has 19 heavy (non-hydrogen) atoms. The topological polar surface area (TPSA) is 0 Å². The van der Waals surface area contributed by atoms with E-state index in [-0.39, 0.29) is 1.43 Å². The first kappa shape index (κ1) is 12.7. The molecule has 1 unspecified atom stereocenters. The molecule has 0 N–H and O–H groups in total. The average molecular weight is 315 g/mol. The molecule has 98 valence electrons. The van der Waals surface area contributed by atoms with Gasteiger partial charge in [-0.25, -0.2) is 0 Å². The van der Waals surface area contributed by atoms with Crippen LogP contribution in [-0.2, 0) is 0 Å². The largest absolute Gasteiger partial charge is 0.0622 e. The van der Waals surface area contributed by atoms with Crippen LogP contribution in [0.5, 0.6) is 0 Å². The van der Waals surface area contributed by atoms with Gasteiger partial charge in [-0.15, -0.1) is 0 Å². The van der Waals surface area contributed by atoms with Crippen molar-refractivity contribution in [3.63, 3.8) is 0 Å². The van der Waals surface area contributed by atoms with E-state index in [0.29, 0.717) is 5.92 Å². The summed E-state index contributed by atoms with van der Waals surface area (Å²) < 4.78 is 1.20. The number of hydrogen-bond donors (Lipinski definition) is 0. The van der Waals surface area contributed by atoms with Gasteiger partial charge in [-0.1, -0.05) is 57.9 Å². The summed E-state index contributed by atoms with van der Waals surface area (Å²) in [5, 5.41) is 0. The van der Waals surface area contributed by atoms with Crippen molar-refractivity contribution in [1.29, 1.82) is 0 Å². The zero-order chi connectivity index (χ0) is 13.6. The fourth-order valence-corrected chi connectivity index (χ4v) is 3.50. The second-order valence-corrected chi connectivity index (χ2v) is 6.14. The van der Waals surface area contributed by atoms with Gasteiger partial charge in [0, 0.05) is 11.8 Å². The fourth-order valence-electron chi connectivity index (χ4n) is 3.17. The molecule has 0 spiro atoms. The zero-order valence-electron chi connectivity index (χ0n) is 11.5. The Morgan fingerprint density at radius 2 is 1.63 bits per heavy atom. The molecule has 0 aliphatic heterocycles. The van der Waals surface area contributed by atoms with Crippen molar-refractivity contribution in [1.82, 2.24) is 0 Å². The van der Waals surface area contributed by atoms with Crippen molar-refractivity contribution in [2.45, 2.75) is 26.7 Å². The summed E-state index contributed by atoms with van der Waals surface area (Å²) in [7, 11) is 0. The number of benzene rings is 2. The van der Waals surface area contributed by atoms with Gasteiger partial charge in [0.05, 0.1) is 0 Å². The van der Waals surface area contributed by atoms with Crippen molar-refractivity contribution in [3.05, 3.63) is 74.8 Å². The predicted molar refractivity (Wildman–Crippen MR) is 87.5 cm³/mol. The first-order valence-electron chi connectivity index (χ1n) is 6.63. The first-order valence-corrected chi connectivity index (χ1v) is 7.42. The minimum Gasteiger partial charge on any atom is -0.0622 e. The lowest BCUT2D eigenvalue weighted by atomic mass is 9.88. The van der Waals surface area contributed by atoms with E-state index in [1.807, 2.05) is 0 Å². The highest BCUT2D eigenvalue weighted by molar-refractivity contribution is 9.10. The third-order valence-electron chi connectivity index (χ3n) is 4.27. The first-order chi connectivity index (χ1) is 9.11. The number of hydrogen-bond acceptors (Lipinski definition) is 0. The highest BCUT2D eigenvalue weighted by Crippen LogP contribution is 2.47. The van der Waals surface area contributed by atoms with Crippen molar-refractivity contribution >= 4 is 21.5 Å². The quantitative estimate of drug-likeness (QED) is 0.610. The van der Waals surface area contributed by atoms with Crippen LogP contribution in [0.15, 0.2) is 52.5 Å². The molecule has 3 rings (SSSR count). The number of fused-ring (bicyclic) bond motifs is 1. The van der Waals surface area contributed by atoms with Crippen LogP contribution in [-0.4, -0.2) is 0 Å². The van der Waals surface area contributed by atoms with E-state index in [0.717, 1.165) is 0 Å². The summed E-state index contributed by atoms with van der Waals surface area (Å²) >= 11 is 3.65. The van der Waals surface area contributed by atoms with E-state index in [4.69, 9.17) is 0 Å². The van der Waals surface area contributed by atoms with Gasteiger partial charge in [0.15, 0.2) is 0 Å². The van der Waals surface area contributed by atoms with Crippen LogP contribution >= 0.6 is 15.9 Å². The Labute approximate surface area is 124 Å². The van der Waals surface area contributed by atoms with Crippen LogP contribution < -0.4 is 0 Å². The second-order valence-electron chi connectivity index (χ2n) is 5.29. The lowest BCUT2D eigenvalue weighted by Gasteiger charge is -2.16. The maximum absolute atomic E-state index is 3.65. The molecule has 0 radical (unpaired) electrons. The Kier molecular flexibility index (Phi) is 3.10. The van der Waals surface area contributed by atoms with E-state index in [9.17, 15) is 0 Å². The van der Waals surface area contributed by atoms with Gasteiger partial charge in [0.25, 0.3) is 0 Å². The molecule has 0 nitrogen and oxygen atoms in total. The Bertz CT molecular complexity index is 671. The van der Waals surface area contributed by atoms with Crippen LogP contribution in [0.25, 0.3) is 5.57 Å². The van der Waals surface area contributed by atoms with Gasteiger partial charge in [-0.3, -0.25) is 0 Å². The Morgan fingerprint density at radius 1 is 0.947 bits per heavy atom. The summed E-state index contributed by atoms with van der Waals surface area (Å²) in [5.74, 6) is 0.419. The SMILES string of the molecule is CC1=C(C)C(c2ccccc2)c2ccc(Br)c(C)c21.[HH]. The lowest BCUT2D eigenvalue weighted by Crippen LogP contribution is -1.99. The molecule has 1 heteroatoms. The fraction of sp³-hybridized carbons (Fsp3) is 0.222. The maximum atomic E-state index is 3.65. The van der Waals surface area contributed by atoms with E-state index < -0.39 is 0 Å². The summed E-state index contributed by atoms with van der Waals surface area (Å²) in [4.78, 5) is 0. The molecular weight excluding hydrogens is 296 g/mol. The van der Waals surface area contributed by atoms with Gasteiger partial charge in [-0.05, 0) is 54.7 Å². The van der Waals surface area contributed by atoms with Gasteiger partial charge in [0.1, 0.15) is 0 Å². The number of allylic oxidation sites excluding steroid dienone is 2. The van der Waals surface area contributed by atoms with E-state index in [1.165, 1.54) is 37.9 Å². The third kappa shape index (κ3) is 1.88. The summed E-state index contributed by atoms with van der Waals surface area (Å²) in [6, 6.07) is 15.2. The maximum Gasteiger partial charge on any atom is 0.0308 e. The Morgan fingerprint density at radius 3 is 2.32 bits per heavy atom. The van der Waals surface area contributed by atoms with Crippen LogP contribution in [0.1, 0.15) is 43.4 Å². The standard InChI is InChI=1S/C18H17Br.H2/c1-11-12(2)18(14-7-5-4-6-8-14)15-9-10-16(19)13(3)17(11)15;/h4-10,18H,1-3H3;1H. The summed E-state index contributed by atoms with van der Waals surface area (Å²) in [5.41, 5.74) is 8.53. The molecule has 1 atom stereocenters. The molecular formula is C18H19Br. The zero-order valence-corrected chi connectivity index (χ0v) is 13.1. The average Bonchev–Trinajstić information content (AvgIpc) is 2.68. The van der Waals surface area contributed by atoms with Crippen LogP contribution in [0, 0.1) is 6.92 Å². The van der Waals surface area contributed by atoms with E-state index in [2.05, 4.69) is 79.2 Å². The molecule has 0 bridgehead atoms. The highest BCUT2D eigenvalue weighted by Gasteiger charge is 2.29. The van der Waals surface area contributed by atoms with E-state index in [1.54, 1.807) is 0 Å². The number of halogens is 1. The minimum absolute atomic E-state index is 0. The van der Waals surface area contributed by atoms with Crippen molar-refractivity contribution in [2.75, 3.05) is 0 Å².